The highest BCUT2D eigenvalue weighted by Gasteiger charge is 2.09. The SMILES string of the molecule is CC.CC.NN(CC(=O)OF)c1ccc(Cl)cc1. The molecule has 0 spiro atoms. The summed E-state index contributed by atoms with van der Waals surface area (Å²) in [5.74, 6) is 4.39. The van der Waals surface area contributed by atoms with Crippen molar-refractivity contribution in [1.82, 2.24) is 0 Å². The Balaban J connectivity index is 0. The van der Waals surface area contributed by atoms with Crippen molar-refractivity contribution in [2.24, 2.45) is 5.84 Å². The number of rotatable bonds is 3. The maximum atomic E-state index is 11.4. The molecule has 0 atom stereocenters. The summed E-state index contributed by atoms with van der Waals surface area (Å²) in [6.07, 6.45) is 0. The second kappa shape index (κ2) is 12.1. The van der Waals surface area contributed by atoms with E-state index in [2.05, 4.69) is 4.94 Å². The number of hydrogen-bond acceptors (Lipinski definition) is 4. The van der Waals surface area contributed by atoms with E-state index in [1.54, 1.807) is 24.3 Å². The number of benzene rings is 1. The van der Waals surface area contributed by atoms with Gasteiger partial charge in [-0.3, -0.25) is 9.95 Å². The molecule has 104 valence electrons. The molecule has 0 aliphatic rings. The van der Waals surface area contributed by atoms with Crippen LogP contribution in [-0.2, 0) is 9.74 Å². The normalized spacial score (nSPS) is 8.17. The molecular formula is C12H20ClFN2O2. The van der Waals surface area contributed by atoms with Gasteiger partial charge in [-0.15, -0.1) is 0 Å². The van der Waals surface area contributed by atoms with E-state index in [9.17, 15) is 9.32 Å². The van der Waals surface area contributed by atoms with Gasteiger partial charge in [-0.1, -0.05) is 39.3 Å². The van der Waals surface area contributed by atoms with Crippen molar-refractivity contribution < 1.29 is 14.3 Å². The van der Waals surface area contributed by atoms with Crippen LogP contribution in [0.25, 0.3) is 0 Å². The van der Waals surface area contributed by atoms with E-state index in [4.69, 9.17) is 17.4 Å². The van der Waals surface area contributed by atoms with Crippen LogP contribution in [0.1, 0.15) is 27.7 Å². The third-order valence-corrected chi connectivity index (χ3v) is 1.80. The van der Waals surface area contributed by atoms with Crippen LogP contribution in [0.4, 0.5) is 10.2 Å². The van der Waals surface area contributed by atoms with Gasteiger partial charge < -0.3 is 0 Å². The van der Waals surface area contributed by atoms with Gasteiger partial charge >= 0.3 is 5.97 Å². The van der Waals surface area contributed by atoms with Crippen LogP contribution in [0.2, 0.25) is 5.02 Å². The summed E-state index contributed by atoms with van der Waals surface area (Å²) in [4.78, 5) is 13.5. The lowest BCUT2D eigenvalue weighted by Gasteiger charge is -2.15. The van der Waals surface area contributed by atoms with E-state index < -0.39 is 5.97 Å². The maximum absolute atomic E-state index is 11.4. The molecule has 1 aromatic rings. The second-order valence-corrected chi connectivity index (χ2v) is 2.99. The zero-order chi connectivity index (χ0) is 14.6. The van der Waals surface area contributed by atoms with Crippen LogP contribution in [0.3, 0.4) is 0 Å². The van der Waals surface area contributed by atoms with Crippen LogP contribution in [0.5, 0.6) is 0 Å². The van der Waals surface area contributed by atoms with E-state index in [1.165, 1.54) is 0 Å². The van der Waals surface area contributed by atoms with Crippen molar-refractivity contribution in [3.63, 3.8) is 0 Å². The van der Waals surface area contributed by atoms with Gasteiger partial charge in [0, 0.05) is 9.55 Å². The summed E-state index contributed by atoms with van der Waals surface area (Å²) in [6, 6.07) is 6.43. The minimum Gasteiger partial charge on any atom is -0.300 e. The summed E-state index contributed by atoms with van der Waals surface area (Å²) in [5, 5.41) is 1.60. The summed E-state index contributed by atoms with van der Waals surface area (Å²) in [7, 11) is 0. The van der Waals surface area contributed by atoms with E-state index in [1.807, 2.05) is 27.7 Å². The molecule has 0 aliphatic heterocycles. The Kier molecular flexibility index (Phi) is 12.8. The number of carbonyl (C=O) groups excluding carboxylic acids is 1. The predicted molar refractivity (Wildman–Crippen MR) is 72.9 cm³/mol. The Morgan fingerprint density at radius 2 is 1.72 bits per heavy atom. The van der Waals surface area contributed by atoms with Gasteiger partial charge in [-0.25, -0.2) is 10.6 Å². The topological polar surface area (TPSA) is 55.6 Å². The van der Waals surface area contributed by atoms with Crippen molar-refractivity contribution in [1.29, 1.82) is 0 Å². The van der Waals surface area contributed by atoms with Gasteiger partial charge in [0.1, 0.15) is 6.54 Å². The molecule has 0 unspecified atom stereocenters. The highest BCUT2D eigenvalue weighted by Crippen LogP contribution is 2.15. The molecule has 0 fully saturated rings. The highest BCUT2D eigenvalue weighted by molar-refractivity contribution is 6.30. The molecule has 0 radical (unpaired) electrons. The van der Waals surface area contributed by atoms with E-state index in [0.717, 1.165) is 5.01 Å². The fourth-order valence-electron chi connectivity index (χ4n) is 0.887. The third kappa shape index (κ3) is 7.86. The smallest absolute Gasteiger partial charge is 0.300 e. The first-order valence-corrected chi connectivity index (χ1v) is 6.10. The second-order valence-electron chi connectivity index (χ2n) is 2.55. The minimum atomic E-state index is -1.05. The highest BCUT2D eigenvalue weighted by atomic mass is 35.5. The maximum Gasteiger partial charge on any atom is 0.369 e. The van der Waals surface area contributed by atoms with Crippen LogP contribution in [0.15, 0.2) is 24.3 Å². The molecule has 4 nitrogen and oxygen atoms in total. The molecule has 0 heterocycles. The number of anilines is 1. The van der Waals surface area contributed by atoms with Gasteiger partial charge in [0.05, 0.1) is 5.69 Å². The van der Waals surface area contributed by atoms with Crippen molar-refractivity contribution in [3.05, 3.63) is 29.3 Å². The zero-order valence-electron chi connectivity index (χ0n) is 11.1. The van der Waals surface area contributed by atoms with Crippen LogP contribution >= 0.6 is 11.6 Å². The zero-order valence-corrected chi connectivity index (χ0v) is 11.9. The first-order valence-electron chi connectivity index (χ1n) is 5.72. The van der Waals surface area contributed by atoms with E-state index in [-0.39, 0.29) is 6.54 Å². The van der Waals surface area contributed by atoms with Crippen molar-refractivity contribution in [2.75, 3.05) is 11.6 Å². The first kappa shape index (κ1) is 19.0. The molecule has 0 amide bonds. The Morgan fingerprint density at radius 1 is 1.28 bits per heavy atom. The van der Waals surface area contributed by atoms with Gasteiger partial charge in [-0.05, 0) is 24.3 Å². The van der Waals surface area contributed by atoms with Crippen LogP contribution < -0.4 is 10.9 Å². The number of nitrogens with two attached hydrogens (primary N) is 1. The number of hydrazine groups is 1. The fourth-order valence-corrected chi connectivity index (χ4v) is 1.01. The molecule has 1 aromatic carbocycles. The average molecular weight is 279 g/mol. The molecular weight excluding hydrogens is 259 g/mol. The van der Waals surface area contributed by atoms with Gasteiger partial charge in [0.2, 0.25) is 0 Å². The lowest BCUT2D eigenvalue weighted by Crippen LogP contribution is -2.36. The number of nitrogens with zero attached hydrogens (tertiary/aromatic N) is 1. The molecule has 0 bridgehead atoms. The molecule has 0 aromatic heterocycles. The third-order valence-electron chi connectivity index (χ3n) is 1.54. The lowest BCUT2D eigenvalue weighted by molar-refractivity contribution is -0.181. The van der Waals surface area contributed by atoms with Gasteiger partial charge in [0.25, 0.3) is 0 Å². The van der Waals surface area contributed by atoms with Crippen molar-refractivity contribution in [2.45, 2.75) is 27.7 Å². The Hall–Kier alpha value is -1.33. The summed E-state index contributed by atoms with van der Waals surface area (Å²) in [6.45, 7) is 7.64. The number of halogens is 2. The largest absolute Gasteiger partial charge is 0.369 e. The quantitative estimate of drug-likeness (QED) is 0.679. The van der Waals surface area contributed by atoms with Gasteiger partial charge in [0.15, 0.2) is 0 Å². The first-order chi connectivity index (χ1) is 8.63. The molecule has 0 saturated carbocycles. The summed E-state index contributed by atoms with van der Waals surface area (Å²) < 4.78 is 11.4. The van der Waals surface area contributed by atoms with Crippen LogP contribution in [-0.4, -0.2) is 12.5 Å². The average Bonchev–Trinajstić information content (AvgIpc) is 2.43. The monoisotopic (exact) mass is 278 g/mol. The Labute approximate surface area is 112 Å². The lowest BCUT2D eigenvalue weighted by atomic mass is 10.3. The van der Waals surface area contributed by atoms with Crippen molar-refractivity contribution >= 4 is 23.3 Å². The van der Waals surface area contributed by atoms with Crippen molar-refractivity contribution in [3.8, 4) is 0 Å². The van der Waals surface area contributed by atoms with E-state index >= 15 is 0 Å². The number of carbonyl (C=O) groups is 1. The Morgan fingerprint density at radius 3 is 2.11 bits per heavy atom. The predicted octanol–water partition coefficient (Wildman–Crippen LogP) is 3.50. The minimum absolute atomic E-state index is 0.363. The molecule has 18 heavy (non-hydrogen) atoms. The fraction of sp³-hybridized carbons (Fsp3) is 0.417. The summed E-state index contributed by atoms with van der Waals surface area (Å²) in [5.41, 5.74) is 0.541. The molecule has 0 aliphatic carbocycles. The van der Waals surface area contributed by atoms with E-state index in [0.29, 0.717) is 10.7 Å². The number of hydrogen-bond donors (Lipinski definition) is 1. The molecule has 6 heteroatoms. The van der Waals surface area contributed by atoms with Gasteiger partial charge in [-0.2, -0.15) is 0 Å². The molecule has 2 N–H and O–H groups in total. The molecule has 1 rings (SSSR count). The Bertz CT molecular complexity index is 320. The molecule has 0 saturated heterocycles. The summed E-state index contributed by atoms with van der Waals surface area (Å²) >= 11 is 5.64. The van der Waals surface area contributed by atoms with Crippen LogP contribution in [0, 0.1) is 0 Å². The standard InChI is InChI=1S/C8H8ClFN2O2.2C2H6/c9-6-1-3-7(4-2-6)12(11)5-8(13)14-10;2*1-2/h1-4H,5,11H2;2*1-2H3.